The van der Waals surface area contributed by atoms with E-state index in [4.69, 9.17) is 11.6 Å². The first-order valence-corrected chi connectivity index (χ1v) is 8.17. The Morgan fingerprint density at radius 2 is 2.12 bits per heavy atom. The van der Waals surface area contributed by atoms with E-state index in [9.17, 15) is 8.42 Å². The number of aryl methyl sites for hydroxylation is 1. The molecule has 0 amide bonds. The van der Waals surface area contributed by atoms with Gasteiger partial charge < -0.3 is 5.32 Å². The second-order valence-corrected chi connectivity index (χ2v) is 6.69. The molecule has 0 atom stereocenters. The van der Waals surface area contributed by atoms with E-state index in [1.54, 1.807) is 0 Å². The zero-order valence-electron chi connectivity index (χ0n) is 9.95. The average Bonchev–Trinajstić information content (AvgIpc) is 2.25. The summed E-state index contributed by atoms with van der Waals surface area (Å²) in [6, 6.07) is 7.99. The Kier molecular flexibility index (Phi) is 5.78. The summed E-state index contributed by atoms with van der Waals surface area (Å²) in [7, 11) is -2.90. The summed E-state index contributed by atoms with van der Waals surface area (Å²) in [4.78, 5) is 0. The van der Waals surface area contributed by atoms with E-state index in [-0.39, 0.29) is 5.75 Å². The molecular formula is C12H18ClNO2S. The monoisotopic (exact) mass is 275 g/mol. The summed E-state index contributed by atoms with van der Waals surface area (Å²) < 4.78 is 22.0. The van der Waals surface area contributed by atoms with E-state index in [1.807, 2.05) is 24.3 Å². The maximum atomic E-state index is 11.0. The van der Waals surface area contributed by atoms with Crippen LogP contribution in [0, 0.1) is 0 Å². The van der Waals surface area contributed by atoms with Gasteiger partial charge in [0.25, 0.3) is 0 Å². The minimum atomic E-state index is -2.90. The van der Waals surface area contributed by atoms with Crippen molar-refractivity contribution in [1.82, 2.24) is 0 Å². The maximum absolute atomic E-state index is 11.0. The van der Waals surface area contributed by atoms with Crippen molar-refractivity contribution in [3.8, 4) is 0 Å². The lowest BCUT2D eigenvalue weighted by Gasteiger charge is -2.07. The van der Waals surface area contributed by atoms with E-state index < -0.39 is 9.84 Å². The minimum absolute atomic E-state index is 0.152. The molecule has 0 fully saturated rings. The van der Waals surface area contributed by atoms with Gasteiger partial charge in [-0.25, -0.2) is 8.42 Å². The summed E-state index contributed by atoms with van der Waals surface area (Å²) in [5, 5.41) is 3.11. The van der Waals surface area contributed by atoms with Crippen LogP contribution in [0.3, 0.4) is 0 Å². The summed E-state index contributed by atoms with van der Waals surface area (Å²) in [5.74, 6) is 0.810. The zero-order chi connectivity index (χ0) is 12.7. The van der Waals surface area contributed by atoms with E-state index in [0.29, 0.717) is 12.4 Å². The fraction of sp³-hybridized carbons (Fsp3) is 0.500. The Morgan fingerprint density at radius 1 is 1.35 bits per heavy atom. The number of hydrogen-bond acceptors (Lipinski definition) is 3. The van der Waals surface area contributed by atoms with Crippen LogP contribution in [0.25, 0.3) is 0 Å². The largest absolute Gasteiger partial charge is 0.384 e. The van der Waals surface area contributed by atoms with E-state index in [0.717, 1.165) is 18.5 Å². The maximum Gasteiger partial charge on any atom is 0.149 e. The van der Waals surface area contributed by atoms with Gasteiger partial charge in [-0.05, 0) is 30.5 Å². The standard InChI is InChI=1S/C12H18ClNO2S/c1-17(15,16)9-8-14-12-6-2-4-11(10-12)5-3-7-13/h2,4,6,10,14H,3,5,7-9H2,1H3. The number of benzene rings is 1. The lowest BCUT2D eigenvalue weighted by atomic mass is 10.1. The molecule has 96 valence electrons. The van der Waals surface area contributed by atoms with Gasteiger partial charge >= 0.3 is 0 Å². The molecule has 0 radical (unpaired) electrons. The topological polar surface area (TPSA) is 46.2 Å². The van der Waals surface area contributed by atoms with Gasteiger partial charge in [0.1, 0.15) is 9.84 Å². The average molecular weight is 276 g/mol. The molecule has 3 nitrogen and oxygen atoms in total. The number of hydrogen-bond donors (Lipinski definition) is 1. The second kappa shape index (κ2) is 6.87. The van der Waals surface area contributed by atoms with E-state index >= 15 is 0 Å². The number of nitrogens with one attached hydrogen (secondary N) is 1. The number of sulfone groups is 1. The molecule has 0 bridgehead atoms. The molecule has 0 aliphatic rings. The van der Waals surface area contributed by atoms with Crippen molar-refractivity contribution in [2.45, 2.75) is 12.8 Å². The van der Waals surface area contributed by atoms with Gasteiger partial charge in [0, 0.05) is 24.4 Å². The number of rotatable bonds is 7. The molecule has 1 aromatic rings. The van der Waals surface area contributed by atoms with Gasteiger partial charge in [0.15, 0.2) is 0 Å². The molecule has 0 spiro atoms. The number of alkyl halides is 1. The first kappa shape index (κ1) is 14.3. The smallest absolute Gasteiger partial charge is 0.149 e. The van der Waals surface area contributed by atoms with Crippen LogP contribution in [0.1, 0.15) is 12.0 Å². The van der Waals surface area contributed by atoms with Crippen LogP contribution in [0.2, 0.25) is 0 Å². The third kappa shape index (κ3) is 6.54. The molecule has 1 aromatic carbocycles. The van der Waals surface area contributed by atoms with Gasteiger partial charge in [0.05, 0.1) is 5.75 Å². The fourth-order valence-corrected chi connectivity index (χ4v) is 2.09. The van der Waals surface area contributed by atoms with Crippen LogP contribution >= 0.6 is 11.6 Å². The highest BCUT2D eigenvalue weighted by molar-refractivity contribution is 7.90. The predicted molar refractivity (Wildman–Crippen MR) is 73.7 cm³/mol. The Balaban J connectivity index is 2.48. The molecule has 0 aliphatic heterocycles. The highest BCUT2D eigenvalue weighted by Gasteiger charge is 2.01. The Hall–Kier alpha value is -0.740. The first-order chi connectivity index (χ1) is 8.01. The molecular weight excluding hydrogens is 258 g/mol. The zero-order valence-corrected chi connectivity index (χ0v) is 11.5. The molecule has 0 saturated carbocycles. The first-order valence-electron chi connectivity index (χ1n) is 5.58. The SMILES string of the molecule is CS(=O)(=O)CCNc1cccc(CCCCl)c1. The molecule has 1 rings (SSSR count). The van der Waals surface area contributed by atoms with Gasteiger partial charge in [-0.2, -0.15) is 0 Å². The number of halogens is 1. The second-order valence-electron chi connectivity index (χ2n) is 4.05. The van der Waals surface area contributed by atoms with Crippen LogP contribution in [-0.2, 0) is 16.3 Å². The Labute approximate surface area is 108 Å². The van der Waals surface area contributed by atoms with Crippen molar-refractivity contribution >= 4 is 27.1 Å². The molecule has 0 heterocycles. The van der Waals surface area contributed by atoms with Crippen molar-refractivity contribution in [3.63, 3.8) is 0 Å². The van der Waals surface area contributed by atoms with Crippen LogP contribution in [0.4, 0.5) is 5.69 Å². The van der Waals surface area contributed by atoms with Gasteiger partial charge in [-0.3, -0.25) is 0 Å². The van der Waals surface area contributed by atoms with E-state index in [1.165, 1.54) is 11.8 Å². The molecule has 17 heavy (non-hydrogen) atoms. The molecule has 5 heteroatoms. The van der Waals surface area contributed by atoms with Gasteiger partial charge in [-0.15, -0.1) is 11.6 Å². The third-order valence-electron chi connectivity index (χ3n) is 2.33. The van der Waals surface area contributed by atoms with Crippen molar-refractivity contribution in [2.75, 3.05) is 29.8 Å². The van der Waals surface area contributed by atoms with Crippen molar-refractivity contribution in [1.29, 1.82) is 0 Å². The summed E-state index contributed by atoms with van der Waals surface area (Å²) in [6.45, 7) is 0.442. The fourth-order valence-electron chi connectivity index (χ4n) is 1.49. The minimum Gasteiger partial charge on any atom is -0.384 e. The Bertz CT molecular complexity index is 446. The van der Waals surface area contributed by atoms with Crippen molar-refractivity contribution in [3.05, 3.63) is 29.8 Å². The molecule has 0 unspecified atom stereocenters. The van der Waals surface area contributed by atoms with Gasteiger partial charge in [0.2, 0.25) is 0 Å². The van der Waals surface area contributed by atoms with Crippen LogP contribution in [-0.4, -0.2) is 32.9 Å². The van der Waals surface area contributed by atoms with Crippen molar-refractivity contribution < 1.29 is 8.42 Å². The summed E-state index contributed by atoms with van der Waals surface area (Å²) in [5.41, 5.74) is 2.18. The number of anilines is 1. The molecule has 0 aliphatic carbocycles. The third-order valence-corrected chi connectivity index (χ3v) is 3.54. The Morgan fingerprint density at radius 3 is 2.76 bits per heavy atom. The molecule has 1 N–H and O–H groups in total. The normalized spacial score (nSPS) is 11.4. The lowest BCUT2D eigenvalue weighted by Crippen LogP contribution is -2.14. The van der Waals surface area contributed by atoms with Crippen LogP contribution in [0.15, 0.2) is 24.3 Å². The van der Waals surface area contributed by atoms with Crippen molar-refractivity contribution in [2.24, 2.45) is 0 Å². The molecule has 0 aromatic heterocycles. The summed E-state index contributed by atoms with van der Waals surface area (Å²) >= 11 is 5.64. The van der Waals surface area contributed by atoms with Crippen LogP contribution in [0.5, 0.6) is 0 Å². The lowest BCUT2D eigenvalue weighted by molar-refractivity contribution is 0.602. The van der Waals surface area contributed by atoms with E-state index in [2.05, 4.69) is 5.32 Å². The highest BCUT2D eigenvalue weighted by Crippen LogP contribution is 2.12. The van der Waals surface area contributed by atoms with Gasteiger partial charge in [-0.1, -0.05) is 12.1 Å². The quantitative estimate of drug-likeness (QED) is 0.777. The highest BCUT2D eigenvalue weighted by atomic mass is 35.5. The predicted octanol–water partition coefficient (Wildman–Crippen LogP) is 2.31. The van der Waals surface area contributed by atoms with Crippen LogP contribution < -0.4 is 5.32 Å². The summed E-state index contributed by atoms with van der Waals surface area (Å²) in [6.07, 6.45) is 3.14. The molecule has 0 saturated heterocycles.